The predicted octanol–water partition coefficient (Wildman–Crippen LogP) is 3.10. The molecule has 0 aliphatic heterocycles. The van der Waals surface area contributed by atoms with Crippen LogP contribution in [0.2, 0.25) is 0 Å². The highest BCUT2D eigenvalue weighted by Gasteiger charge is 2.21. The van der Waals surface area contributed by atoms with E-state index in [1.807, 2.05) is 19.1 Å². The van der Waals surface area contributed by atoms with Crippen LogP contribution >= 0.6 is 0 Å². The zero-order valence-corrected chi connectivity index (χ0v) is 16.0. The molecule has 1 aromatic heterocycles. The fourth-order valence-corrected chi connectivity index (χ4v) is 3.77. The van der Waals surface area contributed by atoms with Crippen molar-refractivity contribution < 1.29 is 13.2 Å². The van der Waals surface area contributed by atoms with Crippen LogP contribution in [0.3, 0.4) is 0 Å². The van der Waals surface area contributed by atoms with E-state index < -0.39 is 10.0 Å². The molecule has 2 aromatic carbocycles. The van der Waals surface area contributed by atoms with Crippen LogP contribution in [-0.2, 0) is 10.0 Å². The molecule has 2 N–H and O–H groups in total. The first-order valence-electron chi connectivity index (χ1n) is 8.25. The van der Waals surface area contributed by atoms with E-state index in [1.54, 1.807) is 38.4 Å². The van der Waals surface area contributed by atoms with E-state index in [0.717, 1.165) is 5.56 Å². The SMILES string of the molecule is Cc1ccccc1NS(=O)(=O)c1ccc(C)c(C(=O)N(C)c2cn[nH]c2)c1. The second kappa shape index (κ2) is 7.24. The van der Waals surface area contributed by atoms with Gasteiger partial charge in [-0.25, -0.2) is 8.42 Å². The number of para-hydroxylation sites is 1. The van der Waals surface area contributed by atoms with Gasteiger partial charge in [-0.05, 0) is 43.2 Å². The molecule has 3 aromatic rings. The Morgan fingerprint density at radius 2 is 1.85 bits per heavy atom. The molecule has 0 fully saturated rings. The minimum absolute atomic E-state index is 0.0281. The summed E-state index contributed by atoms with van der Waals surface area (Å²) in [7, 11) is -2.22. The van der Waals surface area contributed by atoms with Gasteiger partial charge in [-0.2, -0.15) is 5.10 Å². The molecule has 0 aliphatic rings. The second-order valence-corrected chi connectivity index (χ2v) is 7.90. The molecular formula is C19H20N4O3S. The largest absolute Gasteiger partial charge is 0.309 e. The highest BCUT2D eigenvalue weighted by atomic mass is 32.2. The molecular weight excluding hydrogens is 364 g/mol. The minimum atomic E-state index is -3.83. The highest BCUT2D eigenvalue weighted by molar-refractivity contribution is 7.92. The van der Waals surface area contributed by atoms with Crippen molar-refractivity contribution in [1.29, 1.82) is 0 Å². The number of nitrogens with one attached hydrogen (secondary N) is 2. The molecule has 0 unspecified atom stereocenters. The van der Waals surface area contributed by atoms with Gasteiger partial charge in [-0.3, -0.25) is 14.6 Å². The summed E-state index contributed by atoms with van der Waals surface area (Å²) < 4.78 is 28.2. The highest BCUT2D eigenvalue weighted by Crippen LogP contribution is 2.23. The van der Waals surface area contributed by atoms with Gasteiger partial charge in [0.05, 0.1) is 22.5 Å². The average Bonchev–Trinajstić information content (AvgIpc) is 3.17. The first kappa shape index (κ1) is 18.7. The summed E-state index contributed by atoms with van der Waals surface area (Å²) in [5.74, 6) is -0.318. The monoisotopic (exact) mass is 384 g/mol. The molecule has 0 spiro atoms. The van der Waals surface area contributed by atoms with Crippen LogP contribution in [0.5, 0.6) is 0 Å². The Kier molecular flexibility index (Phi) is 5.00. The number of aromatic nitrogens is 2. The molecule has 1 heterocycles. The summed E-state index contributed by atoms with van der Waals surface area (Å²) in [6, 6.07) is 11.6. The van der Waals surface area contributed by atoms with Gasteiger partial charge in [0.1, 0.15) is 0 Å². The van der Waals surface area contributed by atoms with E-state index >= 15 is 0 Å². The molecule has 1 amide bonds. The summed E-state index contributed by atoms with van der Waals surface area (Å²) in [4.78, 5) is 14.3. The number of H-pyrrole nitrogens is 1. The maximum absolute atomic E-state index is 12.8. The summed E-state index contributed by atoms with van der Waals surface area (Å²) >= 11 is 0. The van der Waals surface area contributed by atoms with E-state index in [2.05, 4.69) is 14.9 Å². The maximum atomic E-state index is 12.8. The number of aromatic amines is 1. The van der Waals surface area contributed by atoms with E-state index in [-0.39, 0.29) is 10.8 Å². The number of amides is 1. The number of hydrogen-bond donors (Lipinski definition) is 2. The zero-order valence-electron chi connectivity index (χ0n) is 15.2. The second-order valence-electron chi connectivity index (χ2n) is 6.22. The van der Waals surface area contributed by atoms with Crippen molar-refractivity contribution >= 4 is 27.3 Å². The quantitative estimate of drug-likeness (QED) is 0.707. The Morgan fingerprint density at radius 1 is 1.11 bits per heavy atom. The molecule has 140 valence electrons. The van der Waals surface area contributed by atoms with Gasteiger partial charge >= 0.3 is 0 Å². The fourth-order valence-electron chi connectivity index (χ4n) is 2.62. The van der Waals surface area contributed by atoms with E-state index in [0.29, 0.717) is 22.5 Å². The number of benzene rings is 2. The van der Waals surface area contributed by atoms with Crippen molar-refractivity contribution in [2.24, 2.45) is 0 Å². The lowest BCUT2D eigenvalue weighted by molar-refractivity contribution is 0.0992. The lowest BCUT2D eigenvalue weighted by Gasteiger charge is -2.17. The van der Waals surface area contributed by atoms with Crippen LogP contribution in [0.1, 0.15) is 21.5 Å². The van der Waals surface area contributed by atoms with Gasteiger partial charge in [0.15, 0.2) is 0 Å². The van der Waals surface area contributed by atoms with Gasteiger partial charge < -0.3 is 4.90 Å². The van der Waals surface area contributed by atoms with Crippen LogP contribution in [0.25, 0.3) is 0 Å². The number of carbonyl (C=O) groups excluding carboxylic acids is 1. The van der Waals surface area contributed by atoms with Gasteiger partial charge in [-0.1, -0.05) is 24.3 Å². The number of nitrogens with zero attached hydrogens (tertiary/aromatic N) is 2. The average molecular weight is 384 g/mol. The van der Waals surface area contributed by atoms with Gasteiger partial charge in [-0.15, -0.1) is 0 Å². The van der Waals surface area contributed by atoms with Crippen LogP contribution in [0.15, 0.2) is 59.8 Å². The predicted molar refractivity (Wildman–Crippen MR) is 104 cm³/mol. The Bertz CT molecular complexity index is 1080. The van der Waals surface area contributed by atoms with E-state index in [4.69, 9.17) is 0 Å². The molecule has 0 atom stereocenters. The maximum Gasteiger partial charge on any atom is 0.261 e. The van der Waals surface area contributed by atoms with Crippen molar-refractivity contribution in [3.8, 4) is 0 Å². The molecule has 3 rings (SSSR count). The number of rotatable bonds is 5. The molecule has 0 radical (unpaired) electrons. The fraction of sp³-hybridized carbons (Fsp3) is 0.158. The summed E-state index contributed by atoms with van der Waals surface area (Å²) in [5.41, 5.74) is 2.90. The smallest absolute Gasteiger partial charge is 0.261 e. The standard InChI is InChI=1S/C19H20N4O3S/c1-13-8-9-16(27(25,26)22-18-7-5-4-6-14(18)2)10-17(13)19(24)23(3)15-11-20-21-12-15/h4-12,22H,1-3H3,(H,20,21). The summed E-state index contributed by atoms with van der Waals surface area (Å²) in [5, 5.41) is 6.48. The molecule has 0 bridgehead atoms. The molecule has 0 aliphatic carbocycles. The molecule has 27 heavy (non-hydrogen) atoms. The number of sulfonamides is 1. The Morgan fingerprint density at radius 3 is 2.52 bits per heavy atom. The topological polar surface area (TPSA) is 95.2 Å². The summed E-state index contributed by atoms with van der Waals surface area (Å²) in [6.07, 6.45) is 3.11. The van der Waals surface area contributed by atoms with Gasteiger partial charge in [0.25, 0.3) is 15.9 Å². The van der Waals surface area contributed by atoms with Crippen LogP contribution in [0, 0.1) is 13.8 Å². The Hall–Kier alpha value is -3.13. The third kappa shape index (κ3) is 3.85. The molecule has 0 saturated heterocycles. The van der Waals surface area contributed by atoms with E-state index in [9.17, 15) is 13.2 Å². The Balaban J connectivity index is 1.95. The first-order valence-corrected chi connectivity index (χ1v) is 9.74. The number of aryl methyl sites for hydroxylation is 2. The lowest BCUT2D eigenvalue weighted by atomic mass is 10.1. The van der Waals surface area contributed by atoms with Crippen molar-refractivity contribution in [2.75, 3.05) is 16.7 Å². The number of carbonyl (C=O) groups is 1. The normalized spacial score (nSPS) is 11.2. The van der Waals surface area contributed by atoms with Crippen molar-refractivity contribution in [3.05, 3.63) is 71.5 Å². The number of anilines is 2. The van der Waals surface area contributed by atoms with Crippen LogP contribution in [0.4, 0.5) is 11.4 Å². The Labute approximate surface area is 158 Å². The minimum Gasteiger partial charge on any atom is -0.309 e. The molecule has 0 saturated carbocycles. The molecule has 8 heteroatoms. The van der Waals surface area contributed by atoms with Gasteiger partial charge in [0.2, 0.25) is 0 Å². The van der Waals surface area contributed by atoms with Gasteiger partial charge in [0, 0.05) is 18.8 Å². The zero-order chi connectivity index (χ0) is 19.6. The van der Waals surface area contributed by atoms with Crippen molar-refractivity contribution in [2.45, 2.75) is 18.7 Å². The van der Waals surface area contributed by atoms with Crippen molar-refractivity contribution in [1.82, 2.24) is 10.2 Å². The lowest BCUT2D eigenvalue weighted by Crippen LogP contribution is -2.27. The first-order chi connectivity index (χ1) is 12.8. The van der Waals surface area contributed by atoms with Crippen LogP contribution in [-0.4, -0.2) is 31.6 Å². The summed E-state index contributed by atoms with van der Waals surface area (Å²) in [6.45, 7) is 3.59. The third-order valence-electron chi connectivity index (χ3n) is 4.31. The number of hydrogen-bond acceptors (Lipinski definition) is 4. The van der Waals surface area contributed by atoms with Crippen LogP contribution < -0.4 is 9.62 Å². The molecule has 7 nitrogen and oxygen atoms in total. The van der Waals surface area contributed by atoms with Crippen molar-refractivity contribution in [3.63, 3.8) is 0 Å². The van der Waals surface area contributed by atoms with E-state index in [1.165, 1.54) is 23.2 Å². The third-order valence-corrected chi connectivity index (χ3v) is 5.68.